The summed E-state index contributed by atoms with van der Waals surface area (Å²) in [6, 6.07) is 11.0. The Morgan fingerprint density at radius 3 is 2.26 bits per heavy atom. The molecule has 2 heterocycles. The van der Waals surface area contributed by atoms with Gasteiger partial charge in [-0.1, -0.05) is 6.07 Å². The summed E-state index contributed by atoms with van der Waals surface area (Å²) in [5.74, 6) is -1.76. The van der Waals surface area contributed by atoms with Crippen molar-refractivity contribution in [2.75, 3.05) is 10.2 Å². The van der Waals surface area contributed by atoms with Crippen molar-refractivity contribution < 1.29 is 35.9 Å². The summed E-state index contributed by atoms with van der Waals surface area (Å²) in [6.07, 6.45) is -6.40. The molecule has 4 rings (SSSR count). The summed E-state index contributed by atoms with van der Waals surface area (Å²) in [5, 5.41) is 4.90. The van der Waals surface area contributed by atoms with Gasteiger partial charge in [-0.3, -0.25) is 14.6 Å². The van der Waals surface area contributed by atoms with Gasteiger partial charge in [-0.2, -0.15) is 13.2 Å². The van der Waals surface area contributed by atoms with Gasteiger partial charge in [0, 0.05) is 37.2 Å². The highest BCUT2D eigenvalue weighted by molar-refractivity contribution is 6.05. The average Bonchev–Trinajstić information content (AvgIpc) is 3.29. The molecule has 2 N–H and O–H groups in total. The number of hydrogen-bond acceptors (Lipinski definition) is 4. The normalized spacial score (nSPS) is 13.4. The van der Waals surface area contributed by atoms with Crippen LogP contribution in [0, 0.1) is 0 Å². The molecule has 206 valence electrons. The highest BCUT2D eigenvalue weighted by Crippen LogP contribution is 2.34. The van der Waals surface area contributed by atoms with Crippen LogP contribution in [0.2, 0.25) is 0 Å². The van der Waals surface area contributed by atoms with Crippen molar-refractivity contribution in [1.82, 2.24) is 10.3 Å². The molecule has 1 aromatic heterocycles. The minimum Gasteiger partial charge on any atom is -0.363 e. The van der Waals surface area contributed by atoms with E-state index in [-0.39, 0.29) is 12.1 Å². The van der Waals surface area contributed by atoms with E-state index in [1.807, 2.05) is 4.90 Å². The SMILES string of the molecule is CC(C)(F)C(=O)NCc1cnc(C(F)F)c(C(=O)Nc2ccc3c(c2)CN(c2ccc(C(F)(F)F)cc2)C3)c1. The number of alkyl halides is 6. The summed E-state index contributed by atoms with van der Waals surface area (Å²) in [5.41, 5.74) is -1.19. The van der Waals surface area contributed by atoms with Crippen LogP contribution in [0.5, 0.6) is 0 Å². The number of nitrogens with zero attached hydrogens (tertiary/aromatic N) is 2. The molecule has 1 aliphatic heterocycles. The van der Waals surface area contributed by atoms with E-state index in [0.717, 1.165) is 49.4 Å². The van der Waals surface area contributed by atoms with Gasteiger partial charge in [-0.15, -0.1) is 0 Å². The number of anilines is 2. The lowest BCUT2D eigenvalue weighted by atomic mass is 10.1. The number of halogens is 6. The molecule has 0 unspecified atom stereocenters. The molecule has 0 saturated carbocycles. The molecule has 2 amide bonds. The second-order valence-corrected chi connectivity index (χ2v) is 9.57. The average molecular weight is 551 g/mol. The Morgan fingerprint density at radius 2 is 1.64 bits per heavy atom. The smallest absolute Gasteiger partial charge is 0.363 e. The Hall–Kier alpha value is -4.09. The first-order valence-electron chi connectivity index (χ1n) is 11.8. The number of fused-ring (bicyclic) bond motifs is 1. The fourth-order valence-electron chi connectivity index (χ4n) is 4.08. The Kier molecular flexibility index (Phi) is 7.58. The first kappa shape index (κ1) is 27.9. The van der Waals surface area contributed by atoms with Crippen LogP contribution in [0.3, 0.4) is 0 Å². The van der Waals surface area contributed by atoms with E-state index >= 15 is 0 Å². The Morgan fingerprint density at radius 1 is 0.974 bits per heavy atom. The molecule has 12 heteroatoms. The molecule has 0 radical (unpaired) electrons. The number of benzene rings is 2. The summed E-state index contributed by atoms with van der Waals surface area (Å²) < 4.78 is 79.5. The van der Waals surface area contributed by atoms with E-state index in [9.17, 15) is 35.9 Å². The van der Waals surface area contributed by atoms with Crippen molar-refractivity contribution in [3.63, 3.8) is 0 Å². The number of hydrogen-bond donors (Lipinski definition) is 2. The standard InChI is InChI=1S/C27H24F6N4O2/c1-26(2,30)25(39)35-12-15-9-21(22(23(28)29)34-11-15)24(38)36-19-6-3-16-13-37(14-17(16)10-19)20-7-4-18(5-8-20)27(31,32)33/h3-11,23H,12-14H2,1-2H3,(H,35,39)(H,36,38). The number of carbonyl (C=O) groups excluding carboxylic acids is 2. The van der Waals surface area contributed by atoms with E-state index in [0.29, 0.717) is 24.5 Å². The topological polar surface area (TPSA) is 74.3 Å². The van der Waals surface area contributed by atoms with Crippen LogP contribution in [0.15, 0.2) is 54.7 Å². The van der Waals surface area contributed by atoms with Gasteiger partial charge in [0.15, 0.2) is 5.67 Å². The van der Waals surface area contributed by atoms with Gasteiger partial charge in [0.2, 0.25) is 0 Å². The molecular weight excluding hydrogens is 526 g/mol. The van der Waals surface area contributed by atoms with Gasteiger partial charge in [0.05, 0.1) is 11.1 Å². The minimum atomic E-state index is -4.43. The third-order valence-electron chi connectivity index (χ3n) is 6.17. The highest BCUT2D eigenvalue weighted by Gasteiger charge is 2.31. The number of rotatable bonds is 7. The maximum absolute atomic E-state index is 13.7. The zero-order chi connectivity index (χ0) is 28.5. The lowest BCUT2D eigenvalue weighted by molar-refractivity contribution is -0.137. The van der Waals surface area contributed by atoms with Crippen molar-refractivity contribution in [3.8, 4) is 0 Å². The predicted molar refractivity (Wildman–Crippen MR) is 132 cm³/mol. The summed E-state index contributed by atoms with van der Waals surface area (Å²) in [6.45, 7) is 2.73. The Labute approximate surface area is 220 Å². The Balaban J connectivity index is 1.48. The number of nitrogens with one attached hydrogen (secondary N) is 2. The van der Waals surface area contributed by atoms with Crippen molar-refractivity contribution >= 4 is 23.2 Å². The maximum atomic E-state index is 13.7. The predicted octanol–water partition coefficient (Wildman–Crippen LogP) is 6.17. The molecule has 3 aromatic rings. The van der Waals surface area contributed by atoms with Crippen LogP contribution >= 0.6 is 0 Å². The molecule has 2 aromatic carbocycles. The van der Waals surface area contributed by atoms with E-state index in [1.54, 1.807) is 18.2 Å². The monoisotopic (exact) mass is 550 g/mol. The van der Waals surface area contributed by atoms with E-state index < -0.39 is 46.9 Å². The molecule has 1 aliphatic rings. The molecule has 0 saturated heterocycles. The van der Waals surface area contributed by atoms with E-state index in [1.165, 1.54) is 12.1 Å². The number of amides is 2. The number of carbonyl (C=O) groups is 2. The largest absolute Gasteiger partial charge is 0.416 e. The van der Waals surface area contributed by atoms with E-state index in [4.69, 9.17) is 0 Å². The van der Waals surface area contributed by atoms with Crippen molar-refractivity contribution in [2.45, 2.75) is 51.8 Å². The van der Waals surface area contributed by atoms with Crippen molar-refractivity contribution in [3.05, 3.63) is 88.2 Å². The lowest BCUT2D eigenvalue weighted by Gasteiger charge is -2.18. The van der Waals surface area contributed by atoms with Crippen LogP contribution in [0.1, 0.15) is 58.6 Å². The van der Waals surface area contributed by atoms with Crippen LogP contribution in [0.4, 0.5) is 37.7 Å². The molecule has 39 heavy (non-hydrogen) atoms. The fraction of sp³-hybridized carbons (Fsp3) is 0.296. The van der Waals surface area contributed by atoms with Crippen LogP contribution < -0.4 is 15.5 Å². The van der Waals surface area contributed by atoms with Crippen LogP contribution in [-0.2, 0) is 30.6 Å². The second-order valence-electron chi connectivity index (χ2n) is 9.57. The van der Waals surface area contributed by atoms with Gasteiger partial charge in [0.1, 0.15) is 5.69 Å². The third kappa shape index (κ3) is 6.50. The molecular formula is C27H24F6N4O2. The van der Waals surface area contributed by atoms with Gasteiger partial charge < -0.3 is 15.5 Å². The summed E-state index contributed by atoms with van der Waals surface area (Å²) in [4.78, 5) is 30.3. The zero-order valence-corrected chi connectivity index (χ0v) is 20.9. The molecule has 0 aliphatic carbocycles. The van der Waals surface area contributed by atoms with Gasteiger partial charge in [0.25, 0.3) is 18.2 Å². The van der Waals surface area contributed by atoms with Gasteiger partial charge >= 0.3 is 6.18 Å². The fourth-order valence-corrected chi connectivity index (χ4v) is 4.08. The van der Waals surface area contributed by atoms with Gasteiger partial charge in [-0.25, -0.2) is 13.2 Å². The minimum absolute atomic E-state index is 0.221. The molecule has 6 nitrogen and oxygen atoms in total. The molecule has 0 spiro atoms. The van der Waals surface area contributed by atoms with Crippen LogP contribution in [-0.4, -0.2) is 22.5 Å². The van der Waals surface area contributed by atoms with Crippen LogP contribution in [0.25, 0.3) is 0 Å². The van der Waals surface area contributed by atoms with Crippen molar-refractivity contribution in [1.29, 1.82) is 0 Å². The number of aromatic nitrogens is 1. The van der Waals surface area contributed by atoms with E-state index in [2.05, 4.69) is 15.6 Å². The second kappa shape index (κ2) is 10.6. The molecule has 0 fully saturated rings. The zero-order valence-electron chi connectivity index (χ0n) is 20.9. The molecule has 0 atom stereocenters. The first-order valence-corrected chi connectivity index (χ1v) is 11.8. The first-order chi connectivity index (χ1) is 18.2. The Bertz CT molecular complexity index is 1380. The van der Waals surface area contributed by atoms with Gasteiger partial charge in [-0.05, 0) is 73.0 Å². The summed E-state index contributed by atoms with van der Waals surface area (Å²) >= 11 is 0. The maximum Gasteiger partial charge on any atom is 0.416 e. The lowest BCUT2D eigenvalue weighted by Crippen LogP contribution is -2.38. The quantitative estimate of drug-likeness (QED) is 0.345. The van der Waals surface area contributed by atoms with Crippen molar-refractivity contribution in [2.24, 2.45) is 0 Å². The summed E-state index contributed by atoms with van der Waals surface area (Å²) in [7, 11) is 0. The number of pyridine rings is 1. The molecule has 0 bridgehead atoms. The third-order valence-corrected chi connectivity index (χ3v) is 6.17. The highest BCUT2D eigenvalue weighted by atomic mass is 19.4.